The van der Waals surface area contributed by atoms with Crippen LogP contribution in [0.15, 0.2) is 30.3 Å². The van der Waals surface area contributed by atoms with Gasteiger partial charge in [0.25, 0.3) is 0 Å². The summed E-state index contributed by atoms with van der Waals surface area (Å²) in [7, 11) is 0. The average molecular weight is 289 g/mol. The van der Waals surface area contributed by atoms with Gasteiger partial charge >= 0.3 is 0 Å². The number of hydrogen-bond acceptors (Lipinski definition) is 4. The molecule has 0 aromatic heterocycles. The molecule has 0 aliphatic carbocycles. The van der Waals surface area contributed by atoms with Gasteiger partial charge in [0.1, 0.15) is 0 Å². The van der Waals surface area contributed by atoms with Crippen molar-refractivity contribution >= 4 is 0 Å². The maximum absolute atomic E-state index is 6.00. The standard InChI is InChI=1S/C17H27N3O/c18-13-17(6-11-21-15-17)14-20-9-7-19(8-10-20)12-16-4-2-1-3-5-16/h1-5H,6-15,18H2. The summed E-state index contributed by atoms with van der Waals surface area (Å²) < 4.78 is 5.58. The van der Waals surface area contributed by atoms with Gasteiger partial charge in [-0.15, -0.1) is 0 Å². The molecule has 1 aromatic rings. The third-order valence-corrected chi connectivity index (χ3v) is 4.89. The number of benzene rings is 1. The molecular formula is C17H27N3O. The number of hydrogen-bond donors (Lipinski definition) is 1. The Bertz CT molecular complexity index is 423. The van der Waals surface area contributed by atoms with Crippen molar-refractivity contribution in [2.24, 2.45) is 11.1 Å². The molecule has 4 heteroatoms. The highest BCUT2D eigenvalue weighted by Gasteiger charge is 2.36. The van der Waals surface area contributed by atoms with Gasteiger partial charge in [0, 0.05) is 57.8 Å². The molecular weight excluding hydrogens is 262 g/mol. The number of rotatable bonds is 5. The fraction of sp³-hybridized carbons (Fsp3) is 0.647. The minimum absolute atomic E-state index is 0.210. The number of ether oxygens (including phenoxy) is 1. The SMILES string of the molecule is NCC1(CN2CCN(Cc3ccccc3)CC2)CCOC1. The van der Waals surface area contributed by atoms with E-state index in [0.29, 0.717) is 0 Å². The highest BCUT2D eigenvalue weighted by atomic mass is 16.5. The van der Waals surface area contributed by atoms with Crippen molar-refractivity contribution in [3.63, 3.8) is 0 Å². The molecule has 1 unspecified atom stereocenters. The van der Waals surface area contributed by atoms with Crippen LogP contribution in [-0.2, 0) is 11.3 Å². The van der Waals surface area contributed by atoms with Crippen LogP contribution in [0.4, 0.5) is 0 Å². The molecule has 21 heavy (non-hydrogen) atoms. The third kappa shape index (κ3) is 3.83. The lowest BCUT2D eigenvalue weighted by molar-refractivity contribution is 0.0727. The minimum atomic E-state index is 0.210. The Morgan fingerprint density at radius 1 is 1.05 bits per heavy atom. The van der Waals surface area contributed by atoms with Crippen molar-refractivity contribution in [2.75, 3.05) is 52.5 Å². The molecule has 4 nitrogen and oxygen atoms in total. The minimum Gasteiger partial charge on any atom is -0.381 e. The fourth-order valence-corrected chi connectivity index (χ4v) is 3.42. The molecule has 2 saturated heterocycles. The quantitative estimate of drug-likeness (QED) is 0.883. The zero-order chi connectivity index (χ0) is 14.5. The van der Waals surface area contributed by atoms with E-state index in [9.17, 15) is 0 Å². The van der Waals surface area contributed by atoms with E-state index in [1.807, 2.05) is 0 Å². The Morgan fingerprint density at radius 3 is 2.38 bits per heavy atom. The van der Waals surface area contributed by atoms with Gasteiger partial charge in [0.2, 0.25) is 0 Å². The van der Waals surface area contributed by atoms with Crippen LogP contribution in [-0.4, -0.2) is 62.3 Å². The first-order valence-electron chi connectivity index (χ1n) is 8.06. The molecule has 2 aliphatic heterocycles. The van der Waals surface area contributed by atoms with Crippen molar-refractivity contribution in [2.45, 2.75) is 13.0 Å². The van der Waals surface area contributed by atoms with Crippen LogP contribution in [0.1, 0.15) is 12.0 Å². The third-order valence-electron chi connectivity index (χ3n) is 4.89. The number of nitrogens with two attached hydrogens (primary N) is 1. The molecule has 2 heterocycles. The topological polar surface area (TPSA) is 41.7 Å². The van der Waals surface area contributed by atoms with E-state index in [2.05, 4.69) is 40.1 Å². The van der Waals surface area contributed by atoms with Crippen molar-refractivity contribution in [1.82, 2.24) is 9.80 Å². The molecule has 0 bridgehead atoms. The summed E-state index contributed by atoms with van der Waals surface area (Å²) in [6.45, 7) is 9.23. The molecule has 116 valence electrons. The second-order valence-corrected chi connectivity index (χ2v) is 6.54. The summed E-state index contributed by atoms with van der Waals surface area (Å²) in [4.78, 5) is 5.12. The lowest BCUT2D eigenvalue weighted by Gasteiger charge is -2.39. The number of piperazine rings is 1. The maximum atomic E-state index is 6.00. The van der Waals surface area contributed by atoms with Gasteiger partial charge in [-0.05, 0) is 12.0 Å². The Balaban J connectivity index is 1.47. The summed E-state index contributed by atoms with van der Waals surface area (Å²) in [6, 6.07) is 10.8. The summed E-state index contributed by atoms with van der Waals surface area (Å²) in [5.41, 5.74) is 7.62. The van der Waals surface area contributed by atoms with E-state index in [0.717, 1.165) is 65.4 Å². The van der Waals surface area contributed by atoms with Crippen LogP contribution in [0.5, 0.6) is 0 Å². The van der Waals surface area contributed by atoms with Crippen LogP contribution in [0, 0.1) is 5.41 Å². The van der Waals surface area contributed by atoms with Gasteiger partial charge in [0.05, 0.1) is 6.61 Å². The molecule has 0 radical (unpaired) electrons. The van der Waals surface area contributed by atoms with Crippen LogP contribution >= 0.6 is 0 Å². The van der Waals surface area contributed by atoms with Gasteiger partial charge in [0.15, 0.2) is 0 Å². The van der Waals surface area contributed by atoms with Crippen LogP contribution < -0.4 is 5.73 Å². The van der Waals surface area contributed by atoms with Crippen molar-refractivity contribution in [3.05, 3.63) is 35.9 Å². The van der Waals surface area contributed by atoms with E-state index in [1.54, 1.807) is 0 Å². The zero-order valence-electron chi connectivity index (χ0n) is 12.8. The highest BCUT2D eigenvalue weighted by Crippen LogP contribution is 2.28. The second-order valence-electron chi connectivity index (χ2n) is 6.54. The summed E-state index contributed by atoms with van der Waals surface area (Å²) in [5, 5.41) is 0. The van der Waals surface area contributed by atoms with Crippen molar-refractivity contribution in [1.29, 1.82) is 0 Å². The summed E-state index contributed by atoms with van der Waals surface area (Å²) in [5.74, 6) is 0. The first kappa shape index (κ1) is 15.0. The van der Waals surface area contributed by atoms with Gasteiger partial charge in [-0.1, -0.05) is 30.3 Å². The van der Waals surface area contributed by atoms with Gasteiger partial charge in [-0.2, -0.15) is 0 Å². The summed E-state index contributed by atoms with van der Waals surface area (Å²) in [6.07, 6.45) is 1.12. The molecule has 2 fully saturated rings. The van der Waals surface area contributed by atoms with Crippen LogP contribution in [0.25, 0.3) is 0 Å². The first-order valence-corrected chi connectivity index (χ1v) is 8.06. The van der Waals surface area contributed by atoms with E-state index in [-0.39, 0.29) is 5.41 Å². The van der Waals surface area contributed by atoms with Crippen LogP contribution in [0.2, 0.25) is 0 Å². The maximum Gasteiger partial charge on any atom is 0.0547 e. The molecule has 1 aromatic carbocycles. The van der Waals surface area contributed by atoms with E-state index >= 15 is 0 Å². The monoisotopic (exact) mass is 289 g/mol. The predicted octanol–water partition coefficient (Wildman–Crippen LogP) is 1.17. The Labute approximate surface area is 127 Å². The average Bonchev–Trinajstić information content (AvgIpc) is 2.99. The highest BCUT2D eigenvalue weighted by molar-refractivity contribution is 5.14. The van der Waals surface area contributed by atoms with E-state index in [1.165, 1.54) is 5.56 Å². The molecule has 0 amide bonds. The van der Waals surface area contributed by atoms with Gasteiger partial charge in [-0.3, -0.25) is 4.90 Å². The fourth-order valence-electron chi connectivity index (χ4n) is 3.42. The summed E-state index contributed by atoms with van der Waals surface area (Å²) >= 11 is 0. The van der Waals surface area contributed by atoms with Gasteiger partial charge < -0.3 is 15.4 Å². The van der Waals surface area contributed by atoms with E-state index in [4.69, 9.17) is 10.5 Å². The number of nitrogens with zero attached hydrogens (tertiary/aromatic N) is 2. The van der Waals surface area contributed by atoms with Gasteiger partial charge in [-0.25, -0.2) is 0 Å². The van der Waals surface area contributed by atoms with Crippen molar-refractivity contribution in [3.8, 4) is 0 Å². The van der Waals surface area contributed by atoms with Crippen LogP contribution in [0.3, 0.4) is 0 Å². The predicted molar refractivity (Wildman–Crippen MR) is 85.1 cm³/mol. The Morgan fingerprint density at radius 2 is 1.76 bits per heavy atom. The lowest BCUT2D eigenvalue weighted by Crippen LogP contribution is -2.51. The lowest BCUT2D eigenvalue weighted by atomic mass is 9.86. The van der Waals surface area contributed by atoms with Crippen molar-refractivity contribution < 1.29 is 4.74 Å². The zero-order valence-corrected chi connectivity index (χ0v) is 12.8. The molecule has 0 saturated carbocycles. The molecule has 2 N–H and O–H groups in total. The Hall–Kier alpha value is -0.940. The molecule has 2 aliphatic rings. The second kappa shape index (κ2) is 6.88. The van der Waals surface area contributed by atoms with E-state index < -0.39 is 0 Å². The largest absolute Gasteiger partial charge is 0.381 e. The normalized spacial score (nSPS) is 28.0. The first-order chi connectivity index (χ1) is 10.3. The molecule has 3 rings (SSSR count). The molecule has 0 spiro atoms. The molecule has 1 atom stereocenters. The smallest absolute Gasteiger partial charge is 0.0547 e. The Kier molecular flexibility index (Phi) is 4.91.